The van der Waals surface area contributed by atoms with Crippen molar-refractivity contribution in [1.82, 2.24) is 24.8 Å². The maximum atomic E-state index is 15.1. The van der Waals surface area contributed by atoms with Crippen LogP contribution in [0.1, 0.15) is 143 Å². The normalized spacial score (nSPS) is 38.9. The summed E-state index contributed by atoms with van der Waals surface area (Å²) in [5.74, 6) is -3.15. The van der Waals surface area contributed by atoms with Crippen LogP contribution in [0.5, 0.6) is 0 Å². The van der Waals surface area contributed by atoms with Crippen LogP contribution in [-0.4, -0.2) is 178 Å². The van der Waals surface area contributed by atoms with E-state index in [0.29, 0.717) is 57.4 Å². The van der Waals surface area contributed by atoms with E-state index in [2.05, 4.69) is 84.6 Å². The van der Waals surface area contributed by atoms with Crippen LogP contribution in [0, 0.1) is 29.6 Å². The number of aromatic nitrogens is 3. The summed E-state index contributed by atoms with van der Waals surface area (Å²) >= 11 is 0. The third kappa shape index (κ3) is 12.3. The number of hydrogen-bond donors (Lipinski definition) is 2. The number of rotatable bonds is 16. The third-order valence-corrected chi connectivity index (χ3v) is 19.4. The number of fused-ring (bicyclic) bond motifs is 1. The van der Waals surface area contributed by atoms with E-state index in [0.717, 1.165) is 28.8 Å². The first kappa shape index (κ1) is 61.7. The van der Waals surface area contributed by atoms with Gasteiger partial charge in [-0.25, -0.2) is 13.9 Å². The number of hydrogen-bond acceptors (Lipinski definition) is 15. The Balaban J connectivity index is 1.07. The molecule has 17 nitrogen and oxygen atoms in total. The Morgan fingerprint density at radius 1 is 0.950 bits per heavy atom. The number of alkyl halides is 1. The molecule has 8 rings (SSSR count). The molecule has 18 heteroatoms. The highest BCUT2D eigenvalue weighted by Gasteiger charge is 2.61. The van der Waals surface area contributed by atoms with Gasteiger partial charge in [-0.2, -0.15) is 0 Å². The van der Waals surface area contributed by atoms with Crippen molar-refractivity contribution in [2.24, 2.45) is 34.6 Å². The van der Waals surface area contributed by atoms with E-state index < -0.39 is 114 Å². The molecule has 1 amide bonds. The maximum Gasteiger partial charge on any atom is 0.410 e. The number of carbonyl (C=O) groups excluding carboxylic acids is 2. The summed E-state index contributed by atoms with van der Waals surface area (Å²) in [5, 5.41) is 33.1. The fourth-order valence-corrected chi connectivity index (χ4v) is 14.8. The molecular formula is C62H93FN6O11. The van der Waals surface area contributed by atoms with Crippen molar-refractivity contribution in [3.63, 3.8) is 0 Å². The number of amides is 1. The second-order valence-electron chi connectivity index (χ2n) is 24.6. The van der Waals surface area contributed by atoms with Crippen LogP contribution in [0.15, 0.2) is 65.8 Å². The van der Waals surface area contributed by atoms with Crippen molar-refractivity contribution in [2.45, 2.75) is 211 Å². The average molecular weight is 1120 g/mol. The number of nitrogens with zero attached hydrogens (tertiary/aromatic N) is 6. The lowest BCUT2D eigenvalue weighted by Crippen LogP contribution is -2.62. The molecule has 5 aliphatic heterocycles. The number of aliphatic hydroxyl groups is 2. The standard InChI is InChI=1S/C62H93FN6O11/c1-15-46(44-25-23-43(24-26-44)42-21-19-17-18-20-22-42)48(34-63)69-35-45(65-66-69)27-29-67(12)47-31-37(4)76-58(53(47)70)79-56-38(5)51(49-33-60(9,74-13)55(71)41(8)77-49)39(6)57(72)78-50(16-2)62(11)54-40(7)52(36(3)32-61(56,10)75-14)64-28-30-68(54)59(73)80-62/h17-19,21-26,35-41,46-51,53-56,58,70-71H,15-16,20,27-34H2,1-14H3/t36-,37-,38+,39-,40+,41+,46-,47+,48-,49?,50-,51+,53-,54-,55+,56-,58+,60-,61-,62-/m1/s1. The second-order valence-corrected chi connectivity index (χ2v) is 24.6. The lowest BCUT2D eigenvalue weighted by atomic mass is 9.67. The number of likely N-dealkylation sites (N-methyl/N-ethyl adjacent to an activating group) is 1. The van der Waals surface area contributed by atoms with Crippen LogP contribution in [0.2, 0.25) is 0 Å². The number of methoxy groups -OCH3 is 2. The van der Waals surface area contributed by atoms with Gasteiger partial charge in [0.15, 0.2) is 11.9 Å². The van der Waals surface area contributed by atoms with E-state index in [1.807, 2.05) is 67.8 Å². The molecule has 1 aromatic heterocycles. The summed E-state index contributed by atoms with van der Waals surface area (Å²) in [4.78, 5) is 37.9. The summed E-state index contributed by atoms with van der Waals surface area (Å²) in [7, 11) is 5.20. The van der Waals surface area contributed by atoms with Gasteiger partial charge < -0.3 is 48.3 Å². The summed E-state index contributed by atoms with van der Waals surface area (Å²) in [5.41, 5.74) is 1.59. The molecule has 6 heterocycles. The van der Waals surface area contributed by atoms with E-state index in [1.54, 1.807) is 30.7 Å². The van der Waals surface area contributed by atoms with Crippen molar-refractivity contribution >= 4 is 23.3 Å². The summed E-state index contributed by atoms with van der Waals surface area (Å²) in [6, 6.07) is 6.97. The highest BCUT2D eigenvalue weighted by atomic mass is 19.1. The molecule has 80 heavy (non-hydrogen) atoms. The summed E-state index contributed by atoms with van der Waals surface area (Å²) in [6.45, 7) is 22.2. The molecular weight excluding hydrogens is 1020 g/mol. The van der Waals surface area contributed by atoms with E-state index in [1.165, 1.54) is 0 Å². The second kappa shape index (κ2) is 25.6. The van der Waals surface area contributed by atoms with Crippen molar-refractivity contribution in [3.05, 3.63) is 77.7 Å². The SMILES string of the molecule is CC[C@H](c1ccc(C2=CCC=CC=C2)cc1)[C@@H](CF)n1cc(CCN(C)[C@H]2C[C@@H](C)O[C@@H](O[C@@H]3[C@@H](C)[C@H](C4C[C@@](C)(OC)[C@@H](O)[C@H](C)O4)[C@@H](C)C(=O)O[C@H](CC)[C@@]4(C)OC(=O)N5CCN=C([C@H](C)C[C@@]3(C)OC)[C@H](C)[C@@H]54)[C@@H]2O)nn1. The number of aliphatic imine (C=N–C) groups is 1. The highest BCUT2D eigenvalue weighted by molar-refractivity contribution is 5.91. The van der Waals surface area contributed by atoms with Crippen LogP contribution in [-0.2, 0) is 44.4 Å². The molecule has 6 aliphatic rings. The van der Waals surface area contributed by atoms with Gasteiger partial charge in [0, 0.05) is 75.9 Å². The van der Waals surface area contributed by atoms with Crippen molar-refractivity contribution in [2.75, 3.05) is 47.6 Å². The largest absolute Gasteiger partial charge is 0.458 e. The minimum atomic E-state index is -1.19. The van der Waals surface area contributed by atoms with Gasteiger partial charge in [0.25, 0.3) is 0 Å². The van der Waals surface area contributed by atoms with Gasteiger partial charge in [0.05, 0.1) is 65.9 Å². The van der Waals surface area contributed by atoms with E-state index in [-0.39, 0.29) is 30.3 Å². The number of cyclic esters (lactones) is 1. The molecule has 1 aromatic carbocycles. The van der Waals surface area contributed by atoms with Gasteiger partial charge >= 0.3 is 12.1 Å². The Bertz CT molecular complexity index is 2560. The van der Waals surface area contributed by atoms with Gasteiger partial charge in [0.1, 0.15) is 25.0 Å². The Morgan fingerprint density at radius 3 is 2.35 bits per heavy atom. The summed E-state index contributed by atoms with van der Waals surface area (Å²) in [6.07, 6.45) is 8.99. The number of aliphatic hydroxyl groups excluding tert-OH is 2. The highest BCUT2D eigenvalue weighted by Crippen LogP contribution is 2.48. The first-order valence-electron chi connectivity index (χ1n) is 29.5. The number of halogens is 1. The summed E-state index contributed by atoms with van der Waals surface area (Å²) < 4.78 is 63.2. The van der Waals surface area contributed by atoms with Crippen LogP contribution < -0.4 is 0 Å². The minimum Gasteiger partial charge on any atom is -0.458 e. The first-order valence-corrected chi connectivity index (χ1v) is 29.5. The van der Waals surface area contributed by atoms with Gasteiger partial charge in [-0.1, -0.05) is 101 Å². The lowest BCUT2D eigenvalue weighted by molar-refractivity contribution is -0.304. The molecule has 0 saturated carbocycles. The Hall–Kier alpha value is -4.40. The number of carbonyl (C=O) groups is 2. The molecule has 2 N–H and O–H groups in total. The Labute approximate surface area is 474 Å². The molecule has 4 saturated heterocycles. The molecule has 4 fully saturated rings. The van der Waals surface area contributed by atoms with E-state index in [9.17, 15) is 15.0 Å². The Morgan fingerprint density at radius 2 is 1.68 bits per heavy atom. The quantitative estimate of drug-likeness (QED) is 0.152. The Kier molecular flexibility index (Phi) is 19.7. The molecule has 1 unspecified atom stereocenters. The van der Waals surface area contributed by atoms with Gasteiger partial charge in [-0.3, -0.25) is 14.7 Å². The van der Waals surface area contributed by atoms with Crippen molar-refractivity contribution in [3.8, 4) is 0 Å². The van der Waals surface area contributed by atoms with Crippen LogP contribution in [0.3, 0.4) is 0 Å². The van der Waals surface area contributed by atoms with Crippen molar-refractivity contribution < 1.29 is 57.4 Å². The van der Waals surface area contributed by atoms with Crippen molar-refractivity contribution in [1.29, 1.82) is 0 Å². The number of allylic oxidation sites excluding steroid dienone is 6. The monoisotopic (exact) mass is 1120 g/mol. The molecule has 1 aliphatic carbocycles. The van der Waals surface area contributed by atoms with Gasteiger partial charge in [-0.05, 0) is 102 Å². The third-order valence-electron chi connectivity index (χ3n) is 19.4. The maximum absolute atomic E-state index is 15.1. The zero-order valence-corrected chi connectivity index (χ0v) is 50.0. The molecule has 2 bridgehead atoms. The van der Waals surface area contributed by atoms with Crippen LogP contribution >= 0.6 is 0 Å². The lowest BCUT2D eigenvalue weighted by Gasteiger charge is -2.52. The van der Waals surface area contributed by atoms with Crippen LogP contribution in [0.4, 0.5) is 9.18 Å². The average Bonchev–Trinajstić information content (AvgIpc) is 3.94. The predicted molar refractivity (Wildman–Crippen MR) is 304 cm³/mol. The number of ether oxygens (including phenoxy) is 7. The molecule has 0 radical (unpaired) electrons. The van der Waals surface area contributed by atoms with Crippen LogP contribution in [0.25, 0.3) is 5.57 Å². The fourth-order valence-electron chi connectivity index (χ4n) is 14.8. The van der Waals surface area contributed by atoms with E-state index >= 15 is 9.18 Å². The smallest absolute Gasteiger partial charge is 0.410 e. The van der Waals surface area contributed by atoms with Gasteiger partial charge in [-0.15, -0.1) is 5.10 Å². The molecule has 444 valence electrons. The van der Waals surface area contributed by atoms with E-state index in [4.69, 9.17) is 38.2 Å². The topological polar surface area (TPSA) is 189 Å². The zero-order valence-electron chi connectivity index (χ0n) is 50.0. The number of benzene rings is 1. The fraction of sp³-hybridized carbons (Fsp3) is 0.726. The predicted octanol–water partition coefficient (Wildman–Crippen LogP) is 8.87. The first-order chi connectivity index (χ1) is 38.1. The molecule has 2 aromatic rings. The number of esters is 1. The van der Waals surface area contributed by atoms with Gasteiger partial charge in [0.2, 0.25) is 0 Å². The zero-order chi connectivity index (χ0) is 58.0. The minimum absolute atomic E-state index is 0.124. The molecule has 20 atom stereocenters. The molecule has 0 spiro atoms.